The van der Waals surface area contributed by atoms with Crippen molar-refractivity contribution in [3.63, 3.8) is 0 Å². The van der Waals surface area contributed by atoms with Gasteiger partial charge in [0.1, 0.15) is 6.61 Å². The molecular weight excluding hydrogens is 416 g/mol. The molecule has 0 heterocycles. The van der Waals surface area contributed by atoms with E-state index in [9.17, 15) is 15.0 Å². The van der Waals surface area contributed by atoms with Crippen molar-refractivity contribution < 1.29 is 24.9 Å². The zero-order chi connectivity index (χ0) is 24.5. The third-order valence-electron chi connectivity index (χ3n) is 6.63. The number of aliphatic hydroxyl groups is 3. The first-order valence-corrected chi connectivity index (χ1v) is 14.1. The fourth-order valence-corrected chi connectivity index (χ4v) is 4.03. The molecule has 0 saturated carbocycles. The molecule has 5 nitrogen and oxygen atoms in total. The Bertz CT molecular complexity index is 409. The van der Waals surface area contributed by atoms with E-state index in [4.69, 9.17) is 9.84 Å². The van der Waals surface area contributed by atoms with Crippen molar-refractivity contribution in [2.75, 3.05) is 26.4 Å². The Labute approximate surface area is 204 Å². The molecule has 0 rings (SSSR count). The van der Waals surface area contributed by atoms with Gasteiger partial charge in [0.05, 0.1) is 13.2 Å². The molecule has 3 N–H and O–H groups in total. The second kappa shape index (κ2) is 24.5. The molecule has 0 unspecified atom stereocenters. The van der Waals surface area contributed by atoms with Gasteiger partial charge in [-0.25, -0.2) is 0 Å². The van der Waals surface area contributed by atoms with E-state index in [2.05, 4.69) is 0 Å². The number of carbonyl (C=O) groups is 1. The maximum Gasteiger partial charge on any atom is 0.305 e. The minimum atomic E-state index is -0.739. The van der Waals surface area contributed by atoms with E-state index >= 15 is 0 Å². The van der Waals surface area contributed by atoms with Gasteiger partial charge in [-0.1, -0.05) is 122 Å². The van der Waals surface area contributed by atoms with Crippen molar-refractivity contribution in [2.24, 2.45) is 5.41 Å². The molecule has 33 heavy (non-hydrogen) atoms. The van der Waals surface area contributed by atoms with Crippen LogP contribution in [-0.2, 0) is 9.53 Å². The molecule has 0 fully saturated rings. The zero-order valence-electron chi connectivity index (χ0n) is 21.8. The summed E-state index contributed by atoms with van der Waals surface area (Å²) in [6.45, 7) is 1.75. The highest BCUT2D eigenvalue weighted by molar-refractivity contribution is 5.69. The Kier molecular flexibility index (Phi) is 24.0. The van der Waals surface area contributed by atoms with E-state index in [0.717, 1.165) is 19.3 Å². The van der Waals surface area contributed by atoms with Crippen LogP contribution in [0.5, 0.6) is 0 Å². The third-order valence-corrected chi connectivity index (χ3v) is 6.63. The lowest BCUT2D eigenvalue weighted by Crippen LogP contribution is -2.32. The molecule has 0 spiro atoms. The van der Waals surface area contributed by atoms with Gasteiger partial charge in [0, 0.05) is 18.4 Å². The molecule has 0 bridgehead atoms. The largest absolute Gasteiger partial charge is 0.465 e. The SMILES string of the molecule is CC(CO)(CO)COC(=O)CCCCCCCCCCCCCCCCCCCCCCO. The maximum atomic E-state index is 11.7. The molecule has 198 valence electrons. The van der Waals surface area contributed by atoms with Gasteiger partial charge in [-0.15, -0.1) is 0 Å². The van der Waals surface area contributed by atoms with E-state index in [-0.39, 0.29) is 25.8 Å². The first-order chi connectivity index (χ1) is 16.1. The van der Waals surface area contributed by atoms with Crippen LogP contribution >= 0.6 is 0 Å². The lowest BCUT2D eigenvalue weighted by Gasteiger charge is -2.23. The van der Waals surface area contributed by atoms with Crippen LogP contribution in [0.2, 0.25) is 0 Å². The Hall–Kier alpha value is -0.650. The Morgan fingerprint density at radius 2 is 0.848 bits per heavy atom. The smallest absolute Gasteiger partial charge is 0.305 e. The second-order valence-corrected chi connectivity index (χ2v) is 10.3. The fourth-order valence-electron chi connectivity index (χ4n) is 4.03. The molecule has 0 aliphatic carbocycles. The molecule has 0 aromatic rings. The predicted octanol–water partition coefficient (Wildman–Crippen LogP) is 6.70. The van der Waals surface area contributed by atoms with Gasteiger partial charge in [0.2, 0.25) is 0 Å². The van der Waals surface area contributed by atoms with Gasteiger partial charge < -0.3 is 20.1 Å². The molecule has 0 aromatic heterocycles. The highest BCUT2D eigenvalue weighted by Crippen LogP contribution is 2.17. The third kappa shape index (κ3) is 22.9. The van der Waals surface area contributed by atoms with Crippen LogP contribution in [0.1, 0.15) is 142 Å². The van der Waals surface area contributed by atoms with Crippen LogP contribution in [0.4, 0.5) is 0 Å². The number of unbranched alkanes of at least 4 members (excludes halogenated alkanes) is 19. The van der Waals surface area contributed by atoms with Crippen molar-refractivity contribution in [1.82, 2.24) is 0 Å². The average molecular weight is 473 g/mol. The van der Waals surface area contributed by atoms with Crippen LogP contribution in [-0.4, -0.2) is 47.7 Å². The highest BCUT2D eigenvalue weighted by atomic mass is 16.5. The molecular formula is C28H56O5. The number of aliphatic hydroxyl groups excluding tert-OH is 3. The first-order valence-electron chi connectivity index (χ1n) is 14.1. The van der Waals surface area contributed by atoms with Crippen LogP contribution < -0.4 is 0 Å². The number of hydrogen-bond donors (Lipinski definition) is 3. The molecule has 0 saturated heterocycles. The monoisotopic (exact) mass is 472 g/mol. The molecule has 0 aliphatic rings. The molecule has 0 radical (unpaired) electrons. The van der Waals surface area contributed by atoms with Gasteiger partial charge in [-0.2, -0.15) is 0 Å². The van der Waals surface area contributed by atoms with Crippen LogP contribution in [0.15, 0.2) is 0 Å². The van der Waals surface area contributed by atoms with Crippen LogP contribution in [0.25, 0.3) is 0 Å². The first kappa shape index (κ1) is 32.4. The lowest BCUT2D eigenvalue weighted by molar-refractivity contribution is -0.149. The van der Waals surface area contributed by atoms with Gasteiger partial charge in [-0.3, -0.25) is 4.79 Å². The number of esters is 1. The molecule has 5 heteroatoms. The van der Waals surface area contributed by atoms with Crippen LogP contribution in [0, 0.1) is 5.41 Å². The minimum Gasteiger partial charge on any atom is -0.465 e. The highest BCUT2D eigenvalue weighted by Gasteiger charge is 2.24. The summed E-state index contributed by atoms with van der Waals surface area (Å²) < 4.78 is 5.17. The summed E-state index contributed by atoms with van der Waals surface area (Å²) in [5.74, 6) is -0.228. The van der Waals surface area contributed by atoms with Gasteiger partial charge in [0.15, 0.2) is 0 Å². The summed E-state index contributed by atoms with van der Waals surface area (Å²) in [7, 11) is 0. The average Bonchev–Trinajstić information content (AvgIpc) is 2.83. The zero-order valence-corrected chi connectivity index (χ0v) is 21.8. The summed E-state index contributed by atoms with van der Waals surface area (Å²) in [4.78, 5) is 11.7. The standard InChI is InChI=1S/C28H56O5/c1-28(24-30,25-31)26-33-27(32)22-20-18-16-14-12-10-8-6-4-2-3-5-7-9-11-13-15-17-19-21-23-29/h29-31H,2-26H2,1H3. The van der Waals surface area contributed by atoms with E-state index in [1.54, 1.807) is 6.92 Å². The van der Waals surface area contributed by atoms with Gasteiger partial charge in [-0.05, 0) is 12.8 Å². The summed E-state index contributed by atoms with van der Waals surface area (Å²) in [5, 5.41) is 27.1. The quantitative estimate of drug-likeness (QED) is 0.0962. The Balaban J connectivity index is 3.20. The van der Waals surface area contributed by atoms with Gasteiger partial charge in [0.25, 0.3) is 0 Å². The van der Waals surface area contributed by atoms with Crippen molar-refractivity contribution in [1.29, 1.82) is 0 Å². The lowest BCUT2D eigenvalue weighted by atomic mass is 9.94. The summed E-state index contributed by atoms with van der Waals surface area (Å²) in [6.07, 6.45) is 26.1. The summed E-state index contributed by atoms with van der Waals surface area (Å²) in [5.41, 5.74) is -0.739. The Morgan fingerprint density at radius 3 is 1.15 bits per heavy atom. The van der Waals surface area contributed by atoms with E-state index in [0.29, 0.717) is 13.0 Å². The molecule has 0 aromatic carbocycles. The van der Waals surface area contributed by atoms with Crippen LogP contribution in [0.3, 0.4) is 0 Å². The number of rotatable bonds is 26. The summed E-state index contributed by atoms with van der Waals surface area (Å²) in [6, 6.07) is 0. The van der Waals surface area contributed by atoms with E-state index < -0.39 is 5.41 Å². The topological polar surface area (TPSA) is 87.0 Å². The number of ether oxygens (including phenoxy) is 1. The number of hydrogen-bond acceptors (Lipinski definition) is 5. The summed E-state index contributed by atoms with van der Waals surface area (Å²) >= 11 is 0. The van der Waals surface area contributed by atoms with Crippen molar-refractivity contribution in [2.45, 2.75) is 142 Å². The maximum absolute atomic E-state index is 11.7. The van der Waals surface area contributed by atoms with Gasteiger partial charge >= 0.3 is 5.97 Å². The minimum absolute atomic E-state index is 0.0755. The molecule has 0 amide bonds. The normalized spacial score (nSPS) is 11.8. The van der Waals surface area contributed by atoms with Crippen molar-refractivity contribution in [3.8, 4) is 0 Å². The van der Waals surface area contributed by atoms with E-state index in [1.165, 1.54) is 109 Å². The molecule has 0 atom stereocenters. The second-order valence-electron chi connectivity index (χ2n) is 10.3. The Morgan fingerprint density at radius 1 is 0.545 bits per heavy atom. The van der Waals surface area contributed by atoms with E-state index in [1.807, 2.05) is 0 Å². The molecule has 0 aliphatic heterocycles. The van der Waals surface area contributed by atoms with Crippen molar-refractivity contribution >= 4 is 5.97 Å². The van der Waals surface area contributed by atoms with Crippen molar-refractivity contribution in [3.05, 3.63) is 0 Å². The fraction of sp³-hybridized carbons (Fsp3) is 0.964. The predicted molar refractivity (Wildman–Crippen MR) is 137 cm³/mol. The number of carbonyl (C=O) groups excluding carboxylic acids is 1.